The van der Waals surface area contributed by atoms with Gasteiger partial charge in [-0.1, -0.05) is 84.9 Å². The van der Waals surface area contributed by atoms with E-state index in [0.717, 1.165) is 89.8 Å². The highest BCUT2D eigenvalue weighted by Gasteiger charge is 2.19. The van der Waals surface area contributed by atoms with E-state index in [1.807, 2.05) is 12.1 Å². The van der Waals surface area contributed by atoms with Gasteiger partial charge in [-0.15, -0.1) is 0 Å². The summed E-state index contributed by atoms with van der Waals surface area (Å²) < 4.78 is 8.81. The van der Waals surface area contributed by atoms with Crippen LogP contribution in [0.15, 0.2) is 132 Å². The minimum absolute atomic E-state index is 0.821. The third-order valence-electron chi connectivity index (χ3n) is 8.21. The predicted octanol–water partition coefficient (Wildman–Crippen LogP) is 8.77. The molecule has 0 aliphatic carbocycles. The molecule has 42 heavy (non-hydrogen) atoms. The van der Waals surface area contributed by atoms with E-state index in [9.17, 15) is 0 Å². The number of furan rings is 1. The summed E-state index contributed by atoms with van der Waals surface area (Å²) in [5, 5.41) is 6.62. The minimum Gasteiger partial charge on any atom is -0.454 e. The number of hydrogen-bond acceptors (Lipinski definition) is 4. The standard InChI is InChI=1S/C37H24N4O/c1-2-9-27-26(8-1)36-35(41-33-14-4-3-11-32(33)40-37(27)41)28-22-25(19-20-34(28)42-36)23-15-17-24(18-16-23)29-12-7-13-31(39-29)30-10-5-6-21-38-30/h1-20,22,38H,21H2. The van der Waals surface area contributed by atoms with Crippen LogP contribution in [0.2, 0.25) is 0 Å². The molecule has 0 saturated heterocycles. The average Bonchev–Trinajstić information content (AvgIpc) is 3.64. The van der Waals surface area contributed by atoms with Crippen LogP contribution >= 0.6 is 0 Å². The van der Waals surface area contributed by atoms with Crippen LogP contribution in [0.3, 0.4) is 0 Å². The number of imidazole rings is 1. The zero-order valence-corrected chi connectivity index (χ0v) is 22.6. The normalized spacial score (nSPS) is 13.4. The summed E-state index contributed by atoms with van der Waals surface area (Å²) in [5.41, 5.74) is 12.1. The number of pyridine rings is 2. The van der Waals surface area contributed by atoms with E-state index in [1.165, 1.54) is 0 Å². The maximum Gasteiger partial charge on any atom is 0.160 e. The number of fused-ring (bicyclic) bond motifs is 10. The molecule has 0 amide bonds. The van der Waals surface area contributed by atoms with Crippen LogP contribution in [-0.2, 0) is 0 Å². The van der Waals surface area contributed by atoms with Crippen molar-refractivity contribution < 1.29 is 4.42 Å². The molecular weight excluding hydrogens is 516 g/mol. The zero-order chi connectivity index (χ0) is 27.6. The molecule has 5 heterocycles. The lowest BCUT2D eigenvalue weighted by Crippen LogP contribution is -2.15. The summed E-state index contributed by atoms with van der Waals surface area (Å²) in [4.78, 5) is 9.96. The minimum atomic E-state index is 0.821. The van der Waals surface area contributed by atoms with E-state index in [2.05, 4.69) is 125 Å². The van der Waals surface area contributed by atoms with E-state index in [1.54, 1.807) is 0 Å². The number of benzene rings is 4. The van der Waals surface area contributed by atoms with E-state index in [0.29, 0.717) is 0 Å². The number of hydrogen-bond donors (Lipinski definition) is 1. The number of para-hydroxylation sites is 2. The molecule has 8 aromatic rings. The van der Waals surface area contributed by atoms with E-state index in [-0.39, 0.29) is 0 Å². The van der Waals surface area contributed by atoms with Crippen LogP contribution in [0.1, 0.15) is 5.69 Å². The summed E-state index contributed by atoms with van der Waals surface area (Å²) >= 11 is 0. The van der Waals surface area contributed by atoms with Crippen molar-refractivity contribution >= 4 is 55.2 Å². The van der Waals surface area contributed by atoms with Crippen molar-refractivity contribution in [3.05, 3.63) is 133 Å². The summed E-state index contributed by atoms with van der Waals surface area (Å²) in [6.07, 6.45) is 6.23. The Balaban J connectivity index is 1.20. The lowest BCUT2D eigenvalue weighted by Gasteiger charge is -2.12. The first-order valence-electron chi connectivity index (χ1n) is 14.1. The molecular formula is C37H24N4O. The Labute approximate surface area is 241 Å². The first-order valence-corrected chi connectivity index (χ1v) is 14.1. The molecule has 0 saturated carbocycles. The third kappa shape index (κ3) is 3.44. The van der Waals surface area contributed by atoms with Crippen molar-refractivity contribution in [2.45, 2.75) is 0 Å². The predicted molar refractivity (Wildman–Crippen MR) is 171 cm³/mol. The second-order valence-corrected chi connectivity index (χ2v) is 10.7. The molecule has 4 aromatic heterocycles. The molecule has 0 spiro atoms. The summed E-state index contributed by atoms with van der Waals surface area (Å²) in [5.74, 6) is 0. The number of rotatable bonds is 3. The molecule has 4 aromatic carbocycles. The molecule has 0 radical (unpaired) electrons. The molecule has 198 valence electrons. The summed E-state index contributed by atoms with van der Waals surface area (Å²) in [7, 11) is 0. The van der Waals surface area contributed by atoms with Gasteiger partial charge in [-0.05, 0) is 53.6 Å². The van der Waals surface area contributed by atoms with E-state index in [4.69, 9.17) is 14.4 Å². The maximum absolute atomic E-state index is 6.55. The SMILES string of the molecule is C1=CCNC(c2cccc(-c3ccc(-c4ccc5oc6c7ccccc7c7nc8ccccc8n7c6c5c4)cc3)n2)=C1. The summed E-state index contributed by atoms with van der Waals surface area (Å²) in [6.45, 7) is 0.821. The Hall–Kier alpha value is -5.68. The van der Waals surface area contributed by atoms with E-state index >= 15 is 0 Å². The largest absolute Gasteiger partial charge is 0.454 e. The van der Waals surface area contributed by atoms with Crippen LogP contribution in [0.4, 0.5) is 0 Å². The van der Waals surface area contributed by atoms with Gasteiger partial charge < -0.3 is 9.73 Å². The van der Waals surface area contributed by atoms with Gasteiger partial charge in [-0.3, -0.25) is 4.40 Å². The lowest BCUT2D eigenvalue weighted by molar-refractivity contribution is 0.672. The topological polar surface area (TPSA) is 55.4 Å². The smallest absolute Gasteiger partial charge is 0.160 e. The molecule has 0 fully saturated rings. The number of aromatic nitrogens is 3. The van der Waals surface area contributed by atoms with Gasteiger partial charge in [0.2, 0.25) is 0 Å². The van der Waals surface area contributed by atoms with E-state index < -0.39 is 0 Å². The molecule has 1 N–H and O–H groups in total. The van der Waals surface area contributed by atoms with Crippen molar-refractivity contribution in [1.29, 1.82) is 0 Å². The Morgan fingerprint density at radius 2 is 1.45 bits per heavy atom. The number of allylic oxidation sites excluding steroid dienone is 2. The van der Waals surface area contributed by atoms with Gasteiger partial charge in [0.15, 0.2) is 5.58 Å². The number of dihydropyridines is 1. The second-order valence-electron chi connectivity index (χ2n) is 10.7. The fourth-order valence-electron chi connectivity index (χ4n) is 6.19. The van der Waals surface area contributed by atoms with Crippen LogP contribution in [0.5, 0.6) is 0 Å². The second kappa shape index (κ2) is 8.91. The summed E-state index contributed by atoms with van der Waals surface area (Å²) in [6, 6.07) is 38.0. The molecule has 9 rings (SSSR count). The third-order valence-corrected chi connectivity index (χ3v) is 8.21. The van der Waals surface area contributed by atoms with Crippen molar-refractivity contribution in [1.82, 2.24) is 19.7 Å². The fourth-order valence-corrected chi connectivity index (χ4v) is 6.19. The average molecular weight is 541 g/mol. The van der Waals surface area contributed by atoms with Crippen molar-refractivity contribution in [2.75, 3.05) is 6.54 Å². The molecule has 0 atom stereocenters. The Morgan fingerprint density at radius 1 is 0.667 bits per heavy atom. The number of nitrogens with one attached hydrogen (secondary N) is 1. The quantitative estimate of drug-likeness (QED) is 0.243. The van der Waals surface area contributed by atoms with Crippen LogP contribution in [0.25, 0.3) is 77.6 Å². The molecule has 5 nitrogen and oxygen atoms in total. The molecule has 0 bridgehead atoms. The molecule has 1 aliphatic heterocycles. The Bertz CT molecular complexity index is 2410. The monoisotopic (exact) mass is 540 g/mol. The van der Waals surface area contributed by atoms with Gasteiger partial charge >= 0.3 is 0 Å². The van der Waals surface area contributed by atoms with Gasteiger partial charge in [0.05, 0.1) is 28.1 Å². The van der Waals surface area contributed by atoms with Crippen molar-refractivity contribution in [2.24, 2.45) is 0 Å². The maximum atomic E-state index is 6.55. The highest BCUT2D eigenvalue weighted by molar-refractivity contribution is 6.19. The van der Waals surface area contributed by atoms with Crippen molar-refractivity contribution in [3.63, 3.8) is 0 Å². The number of nitrogens with zero attached hydrogens (tertiary/aromatic N) is 3. The van der Waals surface area contributed by atoms with Gasteiger partial charge in [0.25, 0.3) is 0 Å². The van der Waals surface area contributed by atoms with Gasteiger partial charge in [0.1, 0.15) is 16.7 Å². The first-order chi connectivity index (χ1) is 20.8. The molecule has 0 unspecified atom stereocenters. The Morgan fingerprint density at radius 3 is 2.33 bits per heavy atom. The lowest BCUT2D eigenvalue weighted by atomic mass is 10.0. The fraction of sp³-hybridized carbons (Fsp3) is 0.0270. The highest BCUT2D eigenvalue weighted by atomic mass is 16.3. The molecule has 5 heteroatoms. The van der Waals surface area contributed by atoms with Gasteiger partial charge in [-0.25, -0.2) is 9.97 Å². The molecule has 1 aliphatic rings. The van der Waals surface area contributed by atoms with Crippen LogP contribution in [0, 0.1) is 0 Å². The zero-order valence-electron chi connectivity index (χ0n) is 22.6. The van der Waals surface area contributed by atoms with Crippen LogP contribution < -0.4 is 5.32 Å². The van der Waals surface area contributed by atoms with Gasteiger partial charge in [-0.2, -0.15) is 0 Å². The van der Waals surface area contributed by atoms with Gasteiger partial charge in [0, 0.05) is 28.3 Å². The van der Waals surface area contributed by atoms with Crippen molar-refractivity contribution in [3.8, 4) is 22.4 Å². The van der Waals surface area contributed by atoms with Crippen LogP contribution in [-0.4, -0.2) is 20.9 Å². The Kier molecular flexibility index (Phi) is 4.90. The first kappa shape index (κ1) is 23.1. The highest BCUT2D eigenvalue weighted by Crippen LogP contribution is 2.39.